The number of para-hydroxylation sites is 1. The summed E-state index contributed by atoms with van der Waals surface area (Å²) in [5, 5.41) is 0. The van der Waals surface area contributed by atoms with Crippen LogP contribution in [0.25, 0.3) is 11.1 Å². The minimum Gasteiger partial charge on any atom is -0.399 e. The van der Waals surface area contributed by atoms with Gasteiger partial charge in [0, 0.05) is 42.3 Å². The van der Waals surface area contributed by atoms with Gasteiger partial charge in [0.15, 0.2) is 0 Å². The number of anilines is 3. The van der Waals surface area contributed by atoms with Gasteiger partial charge in [0.05, 0.1) is 0 Å². The molecule has 0 spiro atoms. The minimum absolute atomic E-state index is 0.756. The lowest BCUT2D eigenvalue weighted by atomic mass is 10.0. The van der Waals surface area contributed by atoms with Crippen LogP contribution in [0.5, 0.6) is 0 Å². The summed E-state index contributed by atoms with van der Waals surface area (Å²) in [6.07, 6.45) is 0. The molecule has 17 heavy (non-hydrogen) atoms. The molecule has 0 saturated carbocycles. The summed E-state index contributed by atoms with van der Waals surface area (Å²) >= 11 is 0. The lowest BCUT2D eigenvalue weighted by Crippen LogP contribution is -2.10. The van der Waals surface area contributed by atoms with Gasteiger partial charge in [0.2, 0.25) is 0 Å². The van der Waals surface area contributed by atoms with Crippen LogP contribution in [-0.2, 0) is 0 Å². The summed E-state index contributed by atoms with van der Waals surface area (Å²) in [5.74, 6) is 0. The molecule has 0 aliphatic rings. The molecule has 3 nitrogen and oxygen atoms in total. The second-order valence-corrected chi connectivity index (χ2v) is 4.26. The SMILES string of the molecule is CN(C)c1cc(N)ccc1-c1ccccc1N. The summed E-state index contributed by atoms with van der Waals surface area (Å²) in [6.45, 7) is 0. The van der Waals surface area contributed by atoms with Gasteiger partial charge in [-0.25, -0.2) is 0 Å². The van der Waals surface area contributed by atoms with Crippen molar-refractivity contribution in [1.29, 1.82) is 0 Å². The predicted octanol–water partition coefficient (Wildman–Crippen LogP) is 2.58. The van der Waals surface area contributed by atoms with E-state index in [1.807, 2.05) is 61.5 Å². The van der Waals surface area contributed by atoms with Gasteiger partial charge < -0.3 is 16.4 Å². The monoisotopic (exact) mass is 227 g/mol. The summed E-state index contributed by atoms with van der Waals surface area (Å²) in [4.78, 5) is 2.04. The van der Waals surface area contributed by atoms with Crippen LogP contribution in [0.4, 0.5) is 17.1 Å². The molecule has 88 valence electrons. The van der Waals surface area contributed by atoms with Crippen molar-refractivity contribution in [3.05, 3.63) is 42.5 Å². The molecule has 0 fully saturated rings. The Morgan fingerprint density at radius 3 is 2.24 bits per heavy atom. The van der Waals surface area contributed by atoms with Gasteiger partial charge in [-0.15, -0.1) is 0 Å². The maximum atomic E-state index is 6.01. The average molecular weight is 227 g/mol. The molecule has 2 aromatic rings. The van der Waals surface area contributed by atoms with Crippen molar-refractivity contribution in [3.63, 3.8) is 0 Å². The molecule has 0 bridgehead atoms. The van der Waals surface area contributed by atoms with Crippen LogP contribution in [0.3, 0.4) is 0 Å². The Morgan fingerprint density at radius 1 is 0.882 bits per heavy atom. The second kappa shape index (κ2) is 4.37. The second-order valence-electron chi connectivity index (χ2n) is 4.26. The van der Waals surface area contributed by atoms with E-state index in [4.69, 9.17) is 11.5 Å². The third-order valence-electron chi connectivity index (χ3n) is 2.75. The molecule has 4 N–H and O–H groups in total. The highest BCUT2D eigenvalue weighted by molar-refractivity contribution is 5.86. The fourth-order valence-electron chi connectivity index (χ4n) is 1.89. The number of rotatable bonds is 2. The smallest absolute Gasteiger partial charge is 0.0462 e. The zero-order valence-electron chi connectivity index (χ0n) is 10.1. The molecule has 0 radical (unpaired) electrons. The molecule has 0 amide bonds. The number of nitrogen functional groups attached to an aromatic ring is 2. The molecule has 0 atom stereocenters. The standard InChI is InChI=1S/C14H17N3/c1-17(2)14-9-10(15)7-8-12(14)11-5-3-4-6-13(11)16/h3-9H,15-16H2,1-2H3. The Balaban J connectivity index is 2.63. The first-order valence-corrected chi connectivity index (χ1v) is 5.51. The lowest BCUT2D eigenvalue weighted by Gasteiger charge is -2.19. The van der Waals surface area contributed by atoms with Crippen LogP contribution in [0.2, 0.25) is 0 Å². The molecular weight excluding hydrogens is 210 g/mol. The first kappa shape index (κ1) is 11.3. The molecule has 0 aliphatic carbocycles. The van der Waals surface area contributed by atoms with E-state index >= 15 is 0 Å². The van der Waals surface area contributed by atoms with Crippen LogP contribution < -0.4 is 16.4 Å². The summed E-state index contributed by atoms with van der Waals surface area (Å²) in [6, 6.07) is 13.7. The lowest BCUT2D eigenvalue weighted by molar-refractivity contribution is 1.13. The van der Waals surface area contributed by atoms with E-state index in [1.54, 1.807) is 0 Å². The van der Waals surface area contributed by atoms with Gasteiger partial charge in [-0.05, 0) is 18.2 Å². The molecule has 2 aromatic carbocycles. The van der Waals surface area contributed by atoms with Crippen molar-refractivity contribution in [1.82, 2.24) is 0 Å². The molecular formula is C14H17N3. The highest BCUT2D eigenvalue weighted by atomic mass is 15.1. The van der Waals surface area contributed by atoms with E-state index < -0.39 is 0 Å². The van der Waals surface area contributed by atoms with Gasteiger partial charge in [-0.2, -0.15) is 0 Å². The predicted molar refractivity (Wildman–Crippen MR) is 75.0 cm³/mol. The Morgan fingerprint density at radius 2 is 1.59 bits per heavy atom. The van der Waals surface area contributed by atoms with Crippen LogP contribution in [-0.4, -0.2) is 14.1 Å². The number of hydrogen-bond donors (Lipinski definition) is 2. The molecule has 2 rings (SSSR count). The highest BCUT2D eigenvalue weighted by Crippen LogP contribution is 2.34. The molecule has 0 saturated heterocycles. The van der Waals surface area contributed by atoms with Crippen molar-refractivity contribution < 1.29 is 0 Å². The molecule has 0 unspecified atom stereocenters. The fourth-order valence-corrected chi connectivity index (χ4v) is 1.89. The number of hydrogen-bond acceptors (Lipinski definition) is 3. The summed E-state index contributed by atoms with van der Waals surface area (Å²) in [7, 11) is 3.99. The van der Waals surface area contributed by atoms with E-state index in [0.717, 1.165) is 28.2 Å². The normalized spacial score (nSPS) is 10.2. The zero-order valence-corrected chi connectivity index (χ0v) is 10.1. The highest BCUT2D eigenvalue weighted by Gasteiger charge is 2.09. The Hall–Kier alpha value is -2.16. The van der Waals surface area contributed by atoms with Crippen molar-refractivity contribution in [2.75, 3.05) is 30.5 Å². The van der Waals surface area contributed by atoms with Gasteiger partial charge in [-0.3, -0.25) is 0 Å². The van der Waals surface area contributed by atoms with Gasteiger partial charge in [0.1, 0.15) is 0 Å². The number of benzene rings is 2. The first-order valence-electron chi connectivity index (χ1n) is 5.51. The van der Waals surface area contributed by atoms with Gasteiger partial charge >= 0.3 is 0 Å². The van der Waals surface area contributed by atoms with E-state index in [-0.39, 0.29) is 0 Å². The maximum Gasteiger partial charge on any atom is 0.0462 e. The summed E-state index contributed by atoms with van der Waals surface area (Å²) < 4.78 is 0. The largest absolute Gasteiger partial charge is 0.399 e. The summed E-state index contributed by atoms with van der Waals surface area (Å²) in [5.41, 5.74) is 16.6. The van der Waals surface area contributed by atoms with E-state index in [2.05, 4.69) is 0 Å². The van der Waals surface area contributed by atoms with Gasteiger partial charge in [0.25, 0.3) is 0 Å². The first-order chi connectivity index (χ1) is 8.09. The van der Waals surface area contributed by atoms with Crippen LogP contribution >= 0.6 is 0 Å². The Kier molecular flexibility index (Phi) is 2.91. The molecule has 0 aromatic heterocycles. The van der Waals surface area contributed by atoms with Crippen molar-refractivity contribution in [2.45, 2.75) is 0 Å². The third kappa shape index (κ3) is 2.18. The molecule has 0 heterocycles. The third-order valence-corrected chi connectivity index (χ3v) is 2.75. The van der Waals surface area contributed by atoms with Crippen LogP contribution in [0.15, 0.2) is 42.5 Å². The quantitative estimate of drug-likeness (QED) is 0.775. The van der Waals surface area contributed by atoms with E-state index in [9.17, 15) is 0 Å². The van der Waals surface area contributed by atoms with Gasteiger partial charge in [-0.1, -0.05) is 24.3 Å². The number of nitrogens with two attached hydrogens (primary N) is 2. The average Bonchev–Trinajstić information content (AvgIpc) is 2.30. The van der Waals surface area contributed by atoms with Crippen LogP contribution in [0.1, 0.15) is 0 Å². The van der Waals surface area contributed by atoms with Crippen molar-refractivity contribution in [3.8, 4) is 11.1 Å². The Bertz CT molecular complexity index is 533. The topological polar surface area (TPSA) is 55.3 Å². The van der Waals surface area contributed by atoms with Crippen molar-refractivity contribution in [2.24, 2.45) is 0 Å². The minimum atomic E-state index is 0.756. The maximum absolute atomic E-state index is 6.01. The zero-order chi connectivity index (χ0) is 12.4. The molecule has 3 heteroatoms. The number of nitrogens with zero attached hydrogens (tertiary/aromatic N) is 1. The molecule has 0 aliphatic heterocycles. The Labute approximate surface area is 102 Å². The van der Waals surface area contributed by atoms with Crippen LogP contribution in [0, 0.1) is 0 Å². The fraction of sp³-hybridized carbons (Fsp3) is 0.143. The van der Waals surface area contributed by atoms with E-state index in [0.29, 0.717) is 0 Å². The van der Waals surface area contributed by atoms with Crippen molar-refractivity contribution >= 4 is 17.1 Å². The van der Waals surface area contributed by atoms with E-state index in [1.165, 1.54) is 0 Å².